The van der Waals surface area contributed by atoms with Gasteiger partial charge in [-0.25, -0.2) is 0 Å². The summed E-state index contributed by atoms with van der Waals surface area (Å²) < 4.78 is 0. The Morgan fingerprint density at radius 1 is 1.03 bits per heavy atom. The van der Waals surface area contributed by atoms with Crippen molar-refractivity contribution < 1.29 is 14.4 Å². The number of anilines is 2. The lowest BCUT2D eigenvalue weighted by molar-refractivity contribution is -0.138. The standard InChI is InChI=1S/C22H22ClN3O3/c1-12(2)26-21(28)19(15-6-9-17(10-7-15)24-14(4)27)20(22(26)29)25-18-11-16(23)8-5-13(18)3/h5-12,25H,1-4H3,(H,24,27). The molecule has 1 aliphatic rings. The summed E-state index contributed by atoms with van der Waals surface area (Å²) in [7, 11) is 0. The van der Waals surface area contributed by atoms with E-state index < -0.39 is 0 Å². The summed E-state index contributed by atoms with van der Waals surface area (Å²) in [6.07, 6.45) is 0. The highest BCUT2D eigenvalue weighted by Gasteiger charge is 2.40. The molecule has 0 saturated carbocycles. The van der Waals surface area contributed by atoms with E-state index in [1.807, 2.05) is 13.0 Å². The van der Waals surface area contributed by atoms with Crippen LogP contribution >= 0.6 is 11.6 Å². The highest BCUT2D eigenvalue weighted by Crippen LogP contribution is 2.33. The van der Waals surface area contributed by atoms with Crippen molar-refractivity contribution in [2.24, 2.45) is 0 Å². The van der Waals surface area contributed by atoms with E-state index in [1.54, 1.807) is 50.2 Å². The van der Waals surface area contributed by atoms with Gasteiger partial charge >= 0.3 is 0 Å². The van der Waals surface area contributed by atoms with E-state index in [0.717, 1.165) is 5.56 Å². The fraction of sp³-hybridized carbons (Fsp3) is 0.227. The summed E-state index contributed by atoms with van der Waals surface area (Å²) in [4.78, 5) is 38.6. The second kappa shape index (κ2) is 8.09. The maximum Gasteiger partial charge on any atom is 0.278 e. The van der Waals surface area contributed by atoms with Crippen molar-refractivity contribution in [1.29, 1.82) is 0 Å². The molecule has 1 heterocycles. The number of hydrogen-bond acceptors (Lipinski definition) is 4. The van der Waals surface area contributed by atoms with Gasteiger partial charge in [-0.15, -0.1) is 0 Å². The monoisotopic (exact) mass is 411 g/mol. The second-order valence-electron chi connectivity index (χ2n) is 7.17. The molecule has 7 heteroatoms. The van der Waals surface area contributed by atoms with Crippen LogP contribution in [0.5, 0.6) is 0 Å². The Labute approximate surface area is 174 Å². The number of nitrogens with zero attached hydrogens (tertiary/aromatic N) is 1. The predicted octanol–water partition coefficient (Wildman–Crippen LogP) is 4.21. The van der Waals surface area contributed by atoms with Crippen molar-refractivity contribution in [3.8, 4) is 0 Å². The molecule has 3 rings (SSSR count). The van der Waals surface area contributed by atoms with Gasteiger partial charge in [0.1, 0.15) is 5.70 Å². The molecule has 2 N–H and O–H groups in total. The lowest BCUT2D eigenvalue weighted by Gasteiger charge is -2.19. The van der Waals surface area contributed by atoms with Crippen molar-refractivity contribution >= 4 is 46.3 Å². The normalized spacial score (nSPS) is 14.1. The first kappa shape index (κ1) is 20.6. The molecule has 0 saturated heterocycles. The Morgan fingerprint density at radius 3 is 2.28 bits per heavy atom. The highest BCUT2D eigenvalue weighted by molar-refractivity contribution is 6.37. The van der Waals surface area contributed by atoms with E-state index in [0.29, 0.717) is 22.0 Å². The largest absolute Gasteiger partial charge is 0.350 e. The van der Waals surface area contributed by atoms with Gasteiger partial charge in [-0.1, -0.05) is 29.8 Å². The lowest BCUT2D eigenvalue weighted by Crippen LogP contribution is -2.38. The molecule has 0 radical (unpaired) electrons. The molecular formula is C22H22ClN3O3. The van der Waals surface area contributed by atoms with Crippen LogP contribution in [0, 0.1) is 6.92 Å². The van der Waals surface area contributed by atoms with Crippen LogP contribution in [0.1, 0.15) is 31.9 Å². The summed E-state index contributed by atoms with van der Waals surface area (Å²) in [6.45, 7) is 6.90. The fourth-order valence-corrected chi connectivity index (χ4v) is 3.36. The van der Waals surface area contributed by atoms with Crippen molar-refractivity contribution in [1.82, 2.24) is 4.90 Å². The Kier molecular flexibility index (Phi) is 5.75. The van der Waals surface area contributed by atoms with Crippen molar-refractivity contribution in [3.63, 3.8) is 0 Å². The Hall–Kier alpha value is -3.12. The minimum absolute atomic E-state index is 0.186. The van der Waals surface area contributed by atoms with E-state index in [1.165, 1.54) is 11.8 Å². The topological polar surface area (TPSA) is 78.5 Å². The Morgan fingerprint density at radius 2 is 1.69 bits per heavy atom. The molecular weight excluding hydrogens is 390 g/mol. The van der Waals surface area contributed by atoms with Crippen molar-refractivity contribution in [3.05, 3.63) is 64.3 Å². The van der Waals surface area contributed by atoms with Gasteiger partial charge in [0.2, 0.25) is 5.91 Å². The third kappa shape index (κ3) is 4.17. The van der Waals surface area contributed by atoms with E-state index in [2.05, 4.69) is 10.6 Å². The molecule has 0 bridgehead atoms. The molecule has 0 aromatic heterocycles. The molecule has 2 aromatic rings. The van der Waals surface area contributed by atoms with Gasteiger partial charge in [-0.3, -0.25) is 19.3 Å². The molecule has 6 nitrogen and oxygen atoms in total. The molecule has 1 aliphatic heterocycles. The van der Waals surface area contributed by atoms with Crippen LogP contribution in [0.15, 0.2) is 48.2 Å². The molecule has 0 unspecified atom stereocenters. The Bertz CT molecular complexity index is 1030. The zero-order valence-corrected chi connectivity index (χ0v) is 17.4. The van der Waals surface area contributed by atoms with Crippen LogP contribution in [0.2, 0.25) is 5.02 Å². The van der Waals surface area contributed by atoms with Gasteiger partial charge in [-0.05, 0) is 56.2 Å². The van der Waals surface area contributed by atoms with E-state index in [9.17, 15) is 14.4 Å². The number of aryl methyl sites for hydroxylation is 1. The van der Waals surface area contributed by atoms with Crippen LogP contribution in [-0.4, -0.2) is 28.7 Å². The average Bonchev–Trinajstić information content (AvgIpc) is 2.88. The molecule has 0 fully saturated rings. The van der Waals surface area contributed by atoms with E-state index in [-0.39, 0.29) is 35.0 Å². The molecule has 150 valence electrons. The van der Waals surface area contributed by atoms with Crippen LogP contribution < -0.4 is 10.6 Å². The zero-order chi connectivity index (χ0) is 21.3. The molecule has 0 atom stereocenters. The van der Waals surface area contributed by atoms with E-state index >= 15 is 0 Å². The molecule has 2 aromatic carbocycles. The molecule has 29 heavy (non-hydrogen) atoms. The number of carbonyl (C=O) groups excluding carboxylic acids is 3. The first-order chi connectivity index (χ1) is 13.7. The maximum absolute atomic E-state index is 13.1. The zero-order valence-electron chi connectivity index (χ0n) is 16.7. The van der Waals surface area contributed by atoms with Crippen LogP contribution in [0.3, 0.4) is 0 Å². The summed E-state index contributed by atoms with van der Waals surface area (Å²) in [5.74, 6) is -0.932. The predicted molar refractivity (Wildman–Crippen MR) is 114 cm³/mol. The lowest BCUT2D eigenvalue weighted by atomic mass is 10.0. The number of halogens is 1. The summed E-state index contributed by atoms with van der Waals surface area (Å²) in [5, 5.41) is 6.34. The smallest absolute Gasteiger partial charge is 0.278 e. The van der Waals surface area contributed by atoms with Gasteiger partial charge in [0, 0.05) is 29.4 Å². The number of imide groups is 1. The maximum atomic E-state index is 13.1. The first-order valence-electron chi connectivity index (χ1n) is 9.22. The first-order valence-corrected chi connectivity index (χ1v) is 9.60. The summed E-state index contributed by atoms with van der Waals surface area (Å²) in [5.41, 5.74) is 3.25. The minimum Gasteiger partial charge on any atom is -0.350 e. The van der Waals surface area contributed by atoms with E-state index in [4.69, 9.17) is 11.6 Å². The fourth-order valence-electron chi connectivity index (χ4n) is 3.19. The SMILES string of the molecule is CC(=O)Nc1ccc(C2=C(Nc3cc(Cl)ccc3C)C(=O)N(C(C)C)C2=O)cc1. The average molecular weight is 412 g/mol. The van der Waals surface area contributed by atoms with Gasteiger partial charge in [0.05, 0.1) is 5.57 Å². The summed E-state index contributed by atoms with van der Waals surface area (Å²) >= 11 is 6.11. The third-order valence-electron chi connectivity index (χ3n) is 4.58. The second-order valence-corrected chi connectivity index (χ2v) is 7.60. The number of nitrogens with one attached hydrogen (secondary N) is 2. The van der Waals surface area contributed by atoms with Gasteiger partial charge in [-0.2, -0.15) is 0 Å². The van der Waals surface area contributed by atoms with Crippen LogP contribution in [-0.2, 0) is 14.4 Å². The van der Waals surface area contributed by atoms with Crippen LogP contribution in [0.25, 0.3) is 5.57 Å². The Balaban J connectivity index is 2.08. The van der Waals surface area contributed by atoms with Crippen molar-refractivity contribution in [2.45, 2.75) is 33.7 Å². The highest BCUT2D eigenvalue weighted by atomic mass is 35.5. The van der Waals surface area contributed by atoms with Crippen molar-refractivity contribution in [2.75, 3.05) is 10.6 Å². The number of carbonyl (C=O) groups is 3. The number of benzene rings is 2. The van der Waals surface area contributed by atoms with Gasteiger partial charge in [0.25, 0.3) is 11.8 Å². The molecule has 0 spiro atoms. The molecule has 0 aliphatic carbocycles. The number of rotatable bonds is 5. The van der Waals surface area contributed by atoms with Gasteiger partial charge < -0.3 is 10.6 Å². The van der Waals surface area contributed by atoms with Gasteiger partial charge in [0.15, 0.2) is 0 Å². The third-order valence-corrected chi connectivity index (χ3v) is 4.82. The summed E-state index contributed by atoms with van der Waals surface area (Å²) in [6, 6.07) is 11.9. The molecule has 3 amide bonds. The van der Waals surface area contributed by atoms with Crippen LogP contribution in [0.4, 0.5) is 11.4 Å². The number of amides is 3. The minimum atomic E-state index is -0.384. The quantitative estimate of drug-likeness (QED) is 0.722. The number of hydrogen-bond donors (Lipinski definition) is 2.